The summed E-state index contributed by atoms with van der Waals surface area (Å²) in [6, 6.07) is 21.6. The first-order chi connectivity index (χ1) is 14.6. The molecule has 3 aromatic carbocycles. The molecule has 0 unspecified atom stereocenters. The third-order valence-electron chi connectivity index (χ3n) is 4.94. The standard InChI is InChI=1S/C24H23N3O3/c1-3-27(15-22-25-24(26-30-22)19-13-11-17(2)12-14-19)23(28)16-29-21-10-6-8-18-7-4-5-9-20(18)21/h4-14H,3,15-16H2,1-2H3. The van der Waals surface area contributed by atoms with Crippen molar-refractivity contribution in [1.29, 1.82) is 0 Å². The van der Waals surface area contributed by atoms with E-state index < -0.39 is 0 Å². The summed E-state index contributed by atoms with van der Waals surface area (Å²) in [5.41, 5.74) is 2.04. The summed E-state index contributed by atoms with van der Waals surface area (Å²) in [4.78, 5) is 18.8. The number of ether oxygens (including phenoxy) is 1. The number of fused-ring (bicyclic) bond motifs is 1. The highest BCUT2D eigenvalue weighted by atomic mass is 16.5. The van der Waals surface area contributed by atoms with Gasteiger partial charge in [0.1, 0.15) is 12.3 Å². The summed E-state index contributed by atoms with van der Waals surface area (Å²) in [5, 5.41) is 6.09. The van der Waals surface area contributed by atoms with Gasteiger partial charge < -0.3 is 14.2 Å². The summed E-state index contributed by atoms with van der Waals surface area (Å²) >= 11 is 0. The second kappa shape index (κ2) is 8.78. The molecular weight excluding hydrogens is 378 g/mol. The van der Waals surface area contributed by atoms with Gasteiger partial charge in [-0.15, -0.1) is 0 Å². The quantitative estimate of drug-likeness (QED) is 0.452. The molecule has 0 saturated carbocycles. The van der Waals surface area contributed by atoms with Crippen molar-refractivity contribution in [3.05, 3.63) is 78.2 Å². The van der Waals surface area contributed by atoms with Crippen molar-refractivity contribution in [2.75, 3.05) is 13.2 Å². The summed E-state index contributed by atoms with van der Waals surface area (Å²) in [6.07, 6.45) is 0. The predicted octanol–water partition coefficient (Wildman–Crippen LogP) is 4.63. The summed E-state index contributed by atoms with van der Waals surface area (Å²) in [5.74, 6) is 1.46. The zero-order valence-electron chi connectivity index (χ0n) is 17.0. The van der Waals surface area contributed by atoms with Crippen LogP contribution in [0.5, 0.6) is 5.75 Å². The Kier molecular flexibility index (Phi) is 5.75. The minimum absolute atomic E-state index is 0.0548. The summed E-state index contributed by atoms with van der Waals surface area (Å²) in [6.45, 7) is 4.64. The van der Waals surface area contributed by atoms with Crippen molar-refractivity contribution in [3.8, 4) is 17.1 Å². The van der Waals surface area contributed by atoms with Crippen LogP contribution >= 0.6 is 0 Å². The van der Waals surface area contributed by atoms with E-state index in [-0.39, 0.29) is 19.1 Å². The minimum atomic E-state index is -0.138. The van der Waals surface area contributed by atoms with Crippen LogP contribution in [0.15, 0.2) is 71.3 Å². The van der Waals surface area contributed by atoms with Crippen LogP contribution in [0.3, 0.4) is 0 Å². The summed E-state index contributed by atoms with van der Waals surface area (Å²) < 4.78 is 11.2. The van der Waals surface area contributed by atoms with Crippen LogP contribution < -0.4 is 4.74 Å². The molecule has 0 aliphatic carbocycles. The predicted molar refractivity (Wildman–Crippen MR) is 115 cm³/mol. The molecule has 0 aliphatic rings. The van der Waals surface area contributed by atoms with Gasteiger partial charge >= 0.3 is 0 Å². The zero-order valence-corrected chi connectivity index (χ0v) is 17.0. The number of rotatable bonds is 7. The number of amides is 1. The third kappa shape index (κ3) is 4.33. The smallest absolute Gasteiger partial charge is 0.260 e. The molecule has 30 heavy (non-hydrogen) atoms. The fourth-order valence-electron chi connectivity index (χ4n) is 3.23. The van der Waals surface area contributed by atoms with Crippen molar-refractivity contribution in [2.45, 2.75) is 20.4 Å². The number of hydrogen-bond acceptors (Lipinski definition) is 5. The first-order valence-corrected chi connectivity index (χ1v) is 9.92. The minimum Gasteiger partial charge on any atom is -0.483 e. The molecule has 0 atom stereocenters. The van der Waals surface area contributed by atoms with E-state index in [9.17, 15) is 4.79 Å². The number of aryl methyl sites for hydroxylation is 1. The van der Waals surface area contributed by atoms with Gasteiger partial charge in [-0.1, -0.05) is 71.4 Å². The lowest BCUT2D eigenvalue weighted by Gasteiger charge is -2.19. The zero-order chi connectivity index (χ0) is 20.9. The Morgan fingerprint density at radius 2 is 1.80 bits per heavy atom. The third-order valence-corrected chi connectivity index (χ3v) is 4.94. The van der Waals surface area contributed by atoms with E-state index in [0.717, 1.165) is 21.9 Å². The van der Waals surface area contributed by atoms with E-state index in [1.165, 1.54) is 0 Å². The number of carbonyl (C=O) groups excluding carboxylic acids is 1. The van der Waals surface area contributed by atoms with Crippen LogP contribution in [0.4, 0.5) is 0 Å². The van der Waals surface area contributed by atoms with E-state index in [1.54, 1.807) is 4.90 Å². The van der Waals surface area contributed by atoms with E-state index in [2.05, 4.69) is 10.1 Å². The molecule has 6 heteroatoms. The van der Waals surface area contributed by atoms with E-state index >= 15 is 0 Å². The first-order valence-electron chi connectivity index (χ1n) is 9.92. The van der Waals surface area contributed by atoms with E-state index in [4.69, 9.17) is 9.26 Å². The SMILES string of the molecule is CCN(Cc1nc(-c2ccc(C)cc2)no1)C(=O)COc1cccc2ccccc12. The molecule has 0 aliphatic heterocycles. The van der Waals surface area contributed by atoms with Crippen LogP contribution in [0.2, 0.25) is 0 Å². The molecule has 0 bridgehead atoms. The second-order valence-corrected chi connectivity index (χ2v) is 7.05. The fourth-order valence-corrected chi connectivity index (χ4v) is 3.23. The number of carbonyl (C=O) groups is 1. The average molecular weight is 401 g/mol. The molecule has 0 fully saturated rings. The van der Waals surface area contributed by atoms with Gasteiger partial charge in [-0.05, 0) is 25.3 Å². The molecule has 0 spiro atoms. The summed E-state index contributed by atoms with van der Waals surface area (Å²) in [7, 11) is 0. The molecule has 1 aromatic heterocycles. The number of likely N-dealkylation sites (N-methyl/N-ethyl adjacent to an activating group) is 1. The average Bonchev–Trinajstić information content (AvgIpc) is 3.25. The Morgan fingerprint density at radius 1 is 1.03 bits per heavy atom. The van der Waals surface area contributed by atoms with Gasteiger partial charge in [0.05, 0.1) is 0 Å². The molecule has 0 radical (unpaired) electrons. The van der Waals surface area contributed by atoms with Crippen LogP contribution in [-0.4, -0.2) is 34.1 Å². The number of aromatic nitrogens is 2. The Balaban J connectivity index is 1.41. The Labute approximate surface area is 175 Å². The van der Waals surface area contributed by atoms with Gasteiger partial charge in [0.25, 0.3) is 5.91 Å². The first kappa shape index (κ1) is 19.6. The normalized spacial score (nSPS) is 10.9. The topological polar surface area (TPSA) is 68.5 Å². The molecule has 0 saturated heterocycles. The second-order valence-electron chi connectivity index (χ2n) is 7.05. The Hall–Kier alpha value is -3.67. The highest BCUT2D eigenvalue weighted by molar-refractivity contribution is 5.88. The van der Waals surface area contributed by atoms with Crippen LogP contribution in [0.25, 0.3) is 22.2 Å². The number of hydrogen-bond donors (Lipinski definition) is 0. The number of nitrogens with zero attached hydrogens (tertiary/aromatic N) is 3. The lowest BCUT2D eigenvalue weighted by atomic mass is 10.1. The van der Waals surface area contributed by atoms with Gasteiger partial charge in [-0.25, -0.2) is 0 Å². The number of benzene rings is 3. The molecule has 6 nitrogen and oxygen atoms in total. The van der Waals surface area contributed by atoms with Crippen molar-refractivity contribution in [1.82, 2.24) is 15.0 Å². The van der Waals surface area contributed by atoms with Crippen molar-refractivity contribution in [3.63, 3.8) is 0 Å². The lowest BCUT2D eigenvalue weighted by Crippen LogP contribution is -2.34. The maximum Gasteiger partial charge on any atom is 0.260 e. The Morgan fingerprint density at radius 3 is 2.60 bits per heavy atom. The monoisotopic (exact) mass is 401 g/mol. The van der Waals surface area contributed by atoms with Crippen LogP contribution in [0.1, 0.15) is 18.4 Å². The molecule has 1 amide bonds. The van der Waals surface area contributed by atoms with Gasteiger partial charge in [-0.2, -0.15) is 4.98 Å². The van der Waals surface area contributed by atoms with Crippen LogP contribution in [-0.2, 0) is 11.3 Å². The van der Waals surface area contributed by atoms with Gasteiger partial charge in [0.2, 0.25) is 11.7 Å². The molecule has 152 valence electrons. The van der Waals surface area contributed by atoms with Crippen molar-refractivity contribution < 1.29 is 14.1 Å². The Bertz CT molecular complexity index is 1150. The van der Waals surface area contributed by atoms with E-state index in [1.807, 2.05) is 80.6 Å². The highest BCUT2D eigenvalue weighted by Crippen LogP contribution is 2.25. The van der Waals surface area contributed by atoms with Gasteiger partial charge in [0, 0.05) is 17.5 Å². The van der Waals surface area contributed by atoms with Gasteiger partial charge in [0.15, 0.2) is 6.61 Å². The van der Waals surface area contributed by atoms with Gasteiger partial charge in [-0.3, -0.25) is 4.79 Å². The largest absolute Gasteiger partial charge is 0.483 e. The maximum atomic E-state index is 12.7. The fraction of sp³-hybridized carbons (Fsp3) is 0.208. The highest BCUT2D eigenvalue weighted by Gasteiger charge is 2.18. The molecule has 0 N–H and O–H groups in total. The molecule has 4 aromatic rings. The maximum absolute atomic E-state index is 12.7. The molecular formula is C24H23N3O3. The van der Waals surface area contributed by atoms with Crippen LogP contribution in [0, 0.1) is 6.92 Å². The molecule has 4 rings (SSSR count). The lowest BCUT2D eigenvalue weighted by molar-refractivity contribution is -0.134. The molecule has 1 heterocycles. The van der Waals surface area contributed by atoms with E-state index in [0.29, 0.717) is 24.0 Å². The van der Waals surface area contributed by atoms with Crippen molar-refractivity contribution in [2.24, 2.45) is 0 Å². The van der Waals surface area contributed by atoms with Crippen molar-refractivity contribution >= 4 is 16.7 Å².